The third-order valence-electron chi connectivity index (χ3n) is 4.93. The van der Waals surface area contributed by atoms with E-state index in [9.17, 15) is 5.11 Å². The van der Waals surface area contributed by atoms with Crippen LogP contribution in [0.5, 0.6) is 0 Å². The van der Waals surface area contributed by atoms with Crippen LogP contribution in [-0.2, 0) is 18.3 Å². The molecule has 1 saturated heterocycles. The fourth-order valence-electron chi connectivity index (χ4n) is 3.09. The van der Waals surface area contributed by atoms with E-state index in [1.165, 1.54) is 0 Å². The fraction of sp³-hybridized carbons (Fsp3) is 0.625. The highest BCUT2D eigenvalue weighted by molar-refractivity contribution is 5.47. The molecule has 3 heterocycles. The molecule has 1 N–H and O–H groups in total. The third kappa shape index (κ3) is 2.57. The lowest BCUT2D eigenvalue weighted by molar-refractivity contribution is -0.0251. The summed E-state index contributed by atoms with van der Waals surface area (Å²) in [5.74, 6) is 1.73. The Kier molecular flexibility index (Phi) is 4.06. The van der Waals surface area contributed by atoms with E-state index in [0.717, 1.165) is 42.4 Å². The lowest BCUT2D eigenvalue weighted by Gasteiger charge is -2.36. The molecule has 2 aromatic heterocycles. The number of rotatable bonds is 4. The van der Waals surface area contributed by atoms with Crippen LogP contribution in [0.2, 0.25) is 0 Å². The highest BCUT2D eigenvalue weighted by atomic mass is 16.5. The molecule has 0 unspecified atom stereocenters. The van der Waals surface area contributed by atoms with Crippen LogP contribution >= 0.6 is 0 Å². The second kappa shape index (κ2) is 5.85. The van der Waals surface area contributed by atoms with Crippen molar-refractivity contribution in [1.82, 2.24) is 19.1 Å². The van der Waals surface area contributed by atoms with Crippen LogP contribution in [0.1, 0.15) is 24.2 Å². The molecule has 0 atom stereocenters. The molecule has 0 radical (unpaired) electrons. The second-order valence-corrected chi connectivity index (χ2v) is 6.31. The van der Waals surface area contributed by atoms with Crippen molar-refractivity contribution in [3.8, 4) is 11.6 Å². The summed E-state index contributed by atoms with van der Waals surface area (Å²) < 4.78 is 9.63. The van der Waals surface area contributed by atoms with Crippen LogP contribution in [0.4, 0.5) is 0 Å². The zero-order valence-corrected chi connectivity index (χ0v) is 13.5. The Labute approximate surface area is 130 Å². The lowest BCUT2D eigenvalue weighted by Crippen LogP contribution is -2.37. The largest absolute Gasteiger partial charge is 0.396 e. The first-order valence-electron chi connectivity index (χ1n) is 7.76. The van der Waals surface area contributed by atoms with Gasteiger partial charge >= 0.3 is 0 Å². The number of aryl methyl sites for hydroxylation is 1. The molecule has 6 heteroatoms. The number of imidazole rings is 2. The summed E-state index contributed by atoms with van der Waals surface area (Å²) >= 11 is 0. The van der Waals surface area contributed by atoms with Gasteiger partial charge in [0.2, 0.25) is 0 Å². The van der Waals surface area contributed by atoms with Gasteiger partial charge in [0.15, 0.2) is 11.6 Å². The minimum absolute atomic E-state index is 0.122. The van der Waals surface area contributed by atoms with Gasteiger partial charge in [0.1, 0.15) is 0 Å². The summed E-state index contributed by atoms with van der Waals surface area (Å²) in [7, 11) is 2.01. The van der Waals surface area contributed by atoms with E-state index in [1.54, 1.807) is 6.20 Å². The Morgan fingerprint density at radius 1 is 1.27 bits per heavy atom. The average Bonchev–Trinajstić information content (AvgIpc) is 3.08. The number of hydrogen-bond donors (Lipinski definition) is 1. The molecule has 3 rings (SSSR count). The second-order valence-electron chi connectivity index (χ2n) is 6.31. The quantitative estimate of drug-likeness (QED) is 0.933. The summed E-state index contributed by atoms with van der Waals surface area (Å²) in [6.45, 7) is 6.42. The van der Waals surface area contributed by atoms with Gasteiger partial charge in [-0.25, -0.2) is 9.97 Å². The zero-order chi connectivity index (χ0) is 15.7. The minimum Gasteiger partial charge on any atom is -0.396 e. The van der Waals surface area contributed by atoms with Gasteiger partial charge in [-0.3, -0.25) is 0 Å². The summed E-state index contributed by atoms with van der Waals surface area (Å²) in [5, 5.41) is 9.89. The maximum absolute atomic E-state index is 9.89. The maximum atomic E-state index is 9.89. The predicted octanol–water partition coefficient (Wildman–Crippen LogP) is 1.69. The smallest absolute Gasteiger partial charge is 0.176 e. The summed E-state index contributed by atoms with van der Waals surface area (Å²) in [5.41, 5.74) is 2.05. The number of ether oxygens (including phenoxy) is 1. The van der Waals surface area contributed by atoms with Gasteiger partial charge in [-0.05, 0) is 26.7 Å². The molecule has 120 valence electrons. The number of aliphatic hydroxyl groups excluding tert-OH is 1. The van der Waals surface area contributed by atoms with Gasteiger partial charge in [0, 0.05) is 50.3 Å². The molecule has 0 amide bonds. The summed E-state index contributed by atoms with van der Waals surface area (Å²) in [4.78, 5) is 9.15. The molecule has 2 aromatic rings. The Hall–Kier alpha value is -1.66. The number of hydrogen-bond acceptors (Lipinski definition) is 4. The van der Waals surface area contributed by atoms with E-state index in [0.29, 0.717) is 13.2 Å². The Balaban J connectivity index is 1.93. The molecular weight excluding hydrogens is 280 g/mol. The van der Waals surface area contributed by atoms with Crippen molar-refractivity contribution in [1.29, 1.82) is 0 Å². The number of aliphatic hydroxyl groups is 1. The molecule has 1 aliphatic heterocycles. The van der Waals surface area contributed by atoms with E-state index in [-0.39, 0.29) is 12.0 Å². The van der Waals surface area contributed by atoms with E-state index < -0.39 is 0 Å². The maximum Gasteiger partial charge on any atom is 0.176 e. The van der Waals surface area contributed by atoms with Crippen molar-refractivity contribution in [3.63, 3.8) is 0 Å². The molecule has 0 bridgehead atoms. The highest BCUT2D eigenvalue weighted by Gasteiger charge is 2.33. The van der Waals surface area contributed by atoms with Crippen LogP contribution in [0.25, 0.3) is 11.6 Å². The number of nitrogens with zero attached hydrogens (tertiary/aromatic N) is 4. The fourth-order valence-corrected chi connectivity index (χ4v) is 3.09. The van der Waals surface area contributed by atoms with Crippen molar-refractivity contribution in [3.05, 3.63) is 23.8 Å². The molecular formula is C16H24N4O2. The molecule has 0 aliphatic carbocycles. The highest BCUT2D eigenvalue weighted by Crippen LogP contribution is 2.33. The van der Waals surface area contributed by atoms with Gasteiger partial charge < -0.3 is 19.0 Å². The molecule has 6 nitrogen and oxygen atoms in total. The Morgan fingerprint density at radius 3 is 2.59 bits per heavy atom. The van der Waals surface area contributed by atoms with Crippen molar-refractivity contribution >= 4 is 0 Å². The molecule has 0 spiro atoms. The van der Waals surface area contributed by atoms with Crippen LogP contribution in [0.3, 0.4) is 0 Å². The van der Waals surface area contributed by atoms with Gasteiger partial charge in [-0.2, -0.15) is 0 Å². The van der Waals surface area contributed by atoms with Crippen LogP contribution in [-0.4, -0.2) is 44.0 Å². The topological polar surface area (TPSA) is 65.1 Å². The number of aromatic nitrogens is 4. The zero-order valence-electron chi connectivity index (χ0n) is 13.5. The van der Waals surface area contributed by atoms with Crippen LogP contribution in [0.15, 0.2) is 12.4 Å². The van der Waals surface area contributed by atoms with Crippen LogP contribution < -0.4 is 0 Å². The third-order valence-corrected chi connectivity index (χ3v) is 4.93. The van der Waals surface area contributed by atoms with E-state index in [4.69, 9.17) is 4.74 Å². The Morgan fingerprint density at radius 2 is 2.00 bits per heavy atom. The van der Waals surface area contributed by atoms with E-state index in [2.05, 4.69) is 26.0 Å². The SMILES string of the molecule is Cc1nc(-c2nccn2CC2(CO)CCOCC2)n(C)c1C. The minimum atomic E-state index is -0.122. The van der Waals surface area contributed by atoms with Gasteiger partial charge in [-0.15, -0.1) is 0 Å². The average molecular weight is 304 g/mol. The lowest BCUT2D eigenvalue weighted by atomic mass is 9.81. The van der Waals surface area contributed by atoms with E-state index in [1.807, 2.05) is 20.2 Å². The standard InChI is InChI=1S/C16H24N4O2/c1-12-13(2)19(3)15(18-12)14-17-6-7-20(14)10-16(11-21)4-8-22-9-5-16/h6-7,21H,4-5,8-11H2,1-3H3. The monoisotopic (exact) mass is 304 g/mol. The van der Waals surface area contributed by atoms with E-state index >= 15 is 0 Å². The first-order chi connectivity index (χ1) is 10.6. The molecule has 0 aromatic carbocycles. The van der Waals surface area contributed by atoms with Crippen molar-refractivity contribution < 1.29 is 9.84 Å². The first kappa shape index (κ1) is 15.2. The molecule has 0 saturated carbocycles. The molecule has 1 fully saturated rings. The van der Waals surface area contributed by atoms with Crippen LogP contribution in [0, 0.1) is 19.3 Å². The van der Waals surface area contributed by atoms with Crippen molar-refractivity contribution in [2.24, 2.45) is 12.5 Å². The van der Waals surface area contributed by atoms with Gasteiger partial charge in [0.05, 0.1) is 12.3 Å². The normalized spacial score (nSPS) is 17.8. The van der Waals surface area contributed by atoms with Gasteiger partial charge in [-0.1, -0.05) is 0 Å². The van der Waals surface area contributed by atoms with Crippen molar-refractivity contribution in [2.45, 2.75) is 33.2 Å². The molecule has 1 aliphatic rings. The molecule has 22 heavy (non-hydrogen) atoms. The summed E-state index contributed by atoms with van der Waals surface area (Å²) in [6, 6.07) is 0. The van der Waals surface area contributed by atoms with Crippen molar-refractivity contribution in [2.75, 3.05) is 19.8 Å². The summed E-state index contributed by atoms with van der Waals surface area (Å²) in [6.07, 6.45) is 5.53. The predicted molar refractivity (Wildman–Crippen MR) is 83.5 cm³/mol. The van der Waals surface area contributed by atoms with Gasteiger partial charge in [0.25, 0.3) is 0 Å². The Bertz CT molecular complexity index is 653. The first-order valence-corrected chi connectivity index (χ1v) is 7.76.